The Morgan fingerprint density at radius 2 is 1.86 bits per heavy atom. The van der Waals surface area contributed by atoms with E-state index in [2.05, 4.69) is 25.3 Å². The number of ether oxygens (including phenoxy) is 1. The first-order valence-electron chi connectivity index (χ1n) is 5.71. The maximum Gasteiger partial charge on any atom is 0.0738 e. The molecule has 0 amide bonds. The molecule has 1 spiro atoms. The van der Waals surface area contributed by atoms with Crippen LogP contribution in [0, 0.1) is 5.92 Å². The van der Waals surface area contributed by atoms with Crippen LogP contribution in [0.1, 0.15) is 33.1 Å². The molecule has 80 valence electrons. The van der Waals surface area contributed by atoms with Crippen molar-refractivity contribution in [3.63, 3.8) is 0 Å². The number of nitrogens with zero attached hydrogens (tertiary/aromatic N) is 1. The zero-order chi connectivity index (χ0) is 10.2. The number of rotatable bonds is 2. The average Bonchev–Trinajstić information content (AvgIpc) is 2.14. The highest BCUT2D eigenvalue weighted by Gasteiger charge is 2.41. The van der Waals surface area contributed by atoms with Gasteiger partial charge in [-0.15, -0.1) is 0 Å². The van der Waals surface area contributed by atoms with E-state index in [0.717, 1.165) is 19.7 Å². The van der Waals surface area contributed by atoms with E-state index in [-0.39, 0.29) is 5.60 Å². The van der Waals surface area contributed by atoms with Crippen LogP contribution < -0.4 is 0 Å². The minimum absolute atomic E-state index is 0.272. The van der Waals surface area contributed by atoms with Crippen molar-refractivity contribution in [3.05, 3.63) is 12.3 Å². The van der Waals surface area contributed by atoms with Crippen LogP contribution in [0.4, 0.5) is 0 Å². The van der Waals surface area contributed by atoms with Crippen molar-refractivity contribution in [1.29, 1.82) is 0 Å². The minimum atomic E-state index is 0.272. The lowest BCUT2D eigenvalue weighted by molar-refractivity contribution is -0.170. The zero-order valence-electron chi connectivity index (χ0n) is 9.38. The molecule has 0 bridgehead atoms. The van der Waals surface area contributed by atoms with Crippen LogP contribution in [0.25, 0.3) is 0 Å². The number of hydrogen-bond acceptors (Lipinski definition) is 2. The average molecular weight is 195 g/mol. The van der Waals surface area contributed by atoms with Crippen molar-refractivity contribution in [1.82, 2.24) is 4.90 Å². The summed E-state index contributed by atoms with van der Waals surface area (Å²) in [5.74, 6) is 0.575. The molecule has 14 heavy (non-hydrogen) atoms. The first kappa shape index (κ1) is 10.0. The molecule has 0 atom stereocenters. The second-order valence-corrected chi connectivity index (χ2v) is 4.91. The van der Waals surface area contributed by atoms with Gasteiger partial charge in [0.2, 0.25) is 0 Å². The lowest BCUT2D eigenvalue weighted by atomic mass is 9.84. The predicted molar refractivity (Wildman–Crippen MR) is 58.1 cm³/mol. The summed E-state index contributed by atoms with van der Waals surface area (Å²) >= 11 is 0. The molecular formula is C12H21NO. The van der Waals surface area contributed by atoms with Crippen LogP contribution in [0.3, 0.4) is 0 Å². The first-order valence-corrected chi connectivity index (χ1v) is 5.71. The maximum atomic E-state index is 5.69. The zero-order valence-corrected chi connectivity index (χ0v) is 9.38. The molecule has 0 unspecified atom stereocenters. The molecule has 0 aromatic heterocycles. The fourth-order valence-corrected chi connectivity index (χ4v) is 2.35. The van der Waals surface area contributed by atoms with E-state index < -0.39 is 0 Å². The number of hydrogen-bond donors (Lipinski definition) is 0. The van der Waals surface area contributed by atoms with Gasteiger partial charge in [0.1, 0.15) is 0 Å². The van der Waals surface area contributed by atoms with Crippen molar-refractivity contribution in [2.75, 3.05) is 19.7 Å². The summed E-state index contributed by atoms with van der Waals surface area (Å²) in [5, 5.41) is 0. The van der Waals surface area contributed by atoms with E-state index in [9.17, 15) is 0 Å². The highest BCUT2D eigenvalue weighted by Crippen LogP contribution is 2.37. The Labute approximate surface area is 86.9 Å². The lowest BCUT2D eigenvalue weighted by Crippen LogP contribution is -2.52. The van der Waals surface area contributed by atoms with Crippen LogP contribution in [-0.2, 0) is 4.74 Å². The Morgan fingerprint density at radius 1 is 1.29 bits per heavy atom. The third kappa shape index (κ3) is 1.68. The molecule has 0 aromatic carbocycles. The quantitative estimate of drug-likeness (QED) is 0.671. The Hall–Kier alpha value is -0.500. The normalized spacial score (nSPS) is 25.2. The molecule has 2 fully saturated rings. The fraction of sp³-hybridized carbons (Fsp3) is 0.833. The van der Waals surface area contributed by atoms with Gasteiger partial charge in [-0.1, -0.05) is 20.4 Å². The summed E-state index contributed by atoms with van der Waals surface area (Å²) < 4.78 is 5.69. The van der Waals surface area contributed by atoms with Crippen molar-refractivity contribution >= 4 is 0 Å². The fourth-order valence-electron chi connectivity index (χ4n) is 2.35. The topological polar surface area (TPSA) is 12.5 Å². The molecule has 0 saturated carbocycles. The van der Waals surface area contributed by atoms with Gasteiger partial charge in [-0.05, 0) is 25.2 Å². The van der Waals surface area contributed by atoms with Gasteiger partial charge in [0.05, 0.1) is 12.2 Å². The van der Waals surface area contributed by atoms with Gasteiger partial charge in [-0.25, -0.2) is 0 Å². The van der Waals surface area contributed by atoms with Gasteiger partial charge < -0.3 is 9.64 Å². The van der Waals surface area contributed by atoms with E-state index in [1.54, 1.807) is 0 Å². The van der Waals surface area contributed by atoms with Gasteiger partial charge in [-0.2, -0.15) is 0 Å². The molecule has 0 radical (unpaired) electrons. The summed E-state index contributed by atoms with van der Waals surface area (Å²) in [7, 11) is 0. The Kier molecular flexibility index (Phi) is 2.56. The third-order valence-electron chi connectivity index (χ3n) is 3.71. The summed E-state index contributed by atoms with van der Waals surface area (Å²) in [5.41, 5.74) is 1.56. The molecule has 2 heteroatoms. The Morgan fingerprint density at radius 3 is 2.21 bits per heavy atom. The van der Waals surface area contributed by atoms with E-state index in [0.29, 0.717) is 5.92 Å². The van der Waals surface area contributed by atoms with Crippen LogP contribution >= 0.6 is 0 Å². The second-order valence-electron chi connectivity index (χ2n) is 4.91. The summed E-state index contributed by atoms with van der Waals surface area (Å²) in [6.07, 6.45) is 3.66. The third-order valence-corrected chi connectivity index (χ3v) is 3.71. The Bertz CT molecular complexity index is 220. The predicted octanol–water partition coefficient (Wildman–Crippen LogP) is 2.41. The Balaban J connectivity index is 1.86. The van der Waals surface area contributed by atoms with Crippen molar-refractivity contribution in [2.24, 2.45) is 5.92 Å². The van der Waals surface area contributed by atoms with E-state index in [4.69, 9.17) is 4.74 Å². The summed E-state index contributed by atoms with van der Waals surface area (Å²) in [6, 6.07) is 0. The maximum absolute atomic E-state index is 5.69. The minimum Gasteiger partial charge on any atom is -0.375 e. The molecule has 2 saturated heterocycles. The van der Waals surface area contributed by atoms with Crippen molar-refractivity contribution < 1.29 is 4.74 Å². The molecule has 0 aromatic rings. The largest absolute Gasteiger partial charge is 0.375 e. The number of allylic oxidation sites excluding steroid dienone is 1. The molecule has 0 aliphatic carbocycles. The van der Waals surface area contributed by atoms with Crippen LogP contribution in [0.15, 0.2) is 12.3 Å². The van der Waals surface area contributed by atoms with Gasteiger partial charge in [0.15, 0.2) is 0 Å². The standard InChI is InChI=1S/C12H21NO/c1-10(2)11(3)13-7-4-12(5-8-13)6-9-14-12/h10H,3-9H2,1-2H3. The van der Waals surface area contributed by atoms with Crippen molar-refractivity contribution in [2.45, 2.75) is 38.7 Å². The SMILES string of the molecule is C=C(C(C)C)N1CCC2(CCO2)CC1. The van der Waals surface area contributed by atoms with Crippen molar-refractivity contribution in [3.8, 4) is 0 Å². The van der Waals surface area contributed by atoms with Gasteiger partial charge in [-0.3, -0.25) is 0 Å². The second kappa shape index (κ2) is 3.58. The van der Waals surface area contributed by atoms with Crippen LogP contribution in [0.2, 0.25) is 0 Å². The highest BCUT2D eigenvalue weighted by atomic mass is 16.5. The molecular weight excluding hydrogens is 174 g/mol. The molecule has 2 nitrogen and oxygen atoms in total. The van der Waals surface area contributed by atoms with E-state index in [1.165, 1.54) is 25.0 Å². The smallest absolute Gasteiger partial charge is 0.0738 e. The lowest BCUT2D eigenvalue weighted by Gasteiger charge is -2.48. The first-order chi connectivity index (χ1) is 6.63. The van der Waals surface area contributed by atoms with Gasteiger partial charge in [0, 0.05) is 18.8 Å². The highest BCUT2D eigenvalue weighted by molar-refractivity contribution is 5.02. The molecule has 2 heterocycles. The summed E-state index contributed by atoms with van der Waals surface area (Å²) in [6.45, 7) is 11.8. The number of likely N-dealkylation sites (tertiary alicyclic amines) is 1. The molecule has 2 rings (SSSR count). The molecule has 2 aliphatic rings. The van der Waals surface area contributed by atoms with Crippen LogP contribution in [0.5, 0.6) is 0 Å². The van der Waals surface area contributed by atoms with Gasteiger partial charge in [0.25, 0.3) is 0 Å². The monoisotopic (exact) mass is 195 g/mol. The molecule has 0 N–H and O–H groups in total. The summed E-state index contributed by atoms with van der Waals surface area (Å²) in [4.78, 5) is 2.43. The van der Waals surface area contributed by atoms with Gasteiger partial charge >= 0.3 is 0 Å². The number of piperidine rings is 1. The van der Waals surface area contributed by atoms with Crippen LogP contribution in [-0.4, -0.2) is 30.2 Å². The van der Waals surface area contributed by atoms with E-state index >= 15 is 0 Å². The molecule has 2 aliphatic heterocycles. The van der Waals surface area contributed by atoms with E-state index in [1.807, 2.05) is 0 Å².